The van der Waals surface area contributed by atoms with E-state index in [1.165, 1.54) is 6.92 Å². The van der Waals surface area contributed by atoms with Crippen LogP contribution in [0.2, 0.25) is 0 Å². The number of likely N-dealkylation sites (tertiary alicyclic amines) is 1. The third-order valence-electron chi connectivity index (χ3n) is 5.02. The van der Waals surface area contributed by atoms with Crippen LogP contribution in [-0.4, -0.2) is 70.5 Å². The van der Waals surface area contributed by atoms with E-state index in [9.17, 15) is 15.0 Å². The predicted molar refractivity (Wildman–Crippen MR) is 122 cm³/mol. The van der Waals surface area contributed by atoms with Gasteiger partial charge in [-0.25, -0.2) is 3.21 Å². The van der Waals surface area contributed by atoms with Crippen molar-refractivity contribution in [3.63, 3.8) is 0 Å². The van der Waals surface area contributed by atoms with Crippen molar-refractivity contribution in [2.75, 3.05) is 32.7 Å². The van der Waals surface area contributed by atoms with Gasteiger partial charge < -0.3 is 20.0 Å². The average Bonchev–Trinajstić information content (AvgIpc) is 2.69. The first kappa shape index (κ1) is 24.7. The van der Waals surface area contributed by atoms with Crippen LogP contribution in [0.25, 0.3) is 0 Å². The van der Waals surface area contributed by atoms with Crippen LogP contribution in [0.4, 0.5) is 0 Å². The van der Waals surface area contributed by atoms with E-state index < -0.39 is 6.10 Å². The standard InChI is InChI=1S/C21H32IN3O3/c1-5-8-18(19(27)9-6-2)20(23-22)17-10-12-24(13-11-17)14-15-25(7-3)21(28)16(4)26/h1,6,9,16-17,26-27H,7-8,10-15H2,2-4H3/b9-6-,19-18-,23-20-. The maximum Gasteiger partial charge on any atom is 0.251 e. The van der Waals surface area contributed by atoms with E-state index in [0.29, 0.717) is 19.5 Å². The van der Waals surface area contributed by atoms with E-state index in [2.05, 4.69) is 14.0 Å². The van der Waals surface area contributed by atoms with Crippen molar-refractivity contribution in [3.05, 3.63) is 23.5 Å². The predicted octanol–water partition coefficient (Wildman–Crippen LogP) is 3.13. The summed E-state index contributed by atoms with van der Waals surface area (Å²) in [6, 6.07) is 0. The topological polar surface area (TPSA) is 76.4 Å². The third kappa shape index (κ3) is 7.22. The lowest BCUT2D eigenvalue weighted by molar-refractivity contribution is -0.139. The van der Waals surface area contributed by atoms with Crippen LogP contribution in [-0.2, 0) is 4.79 Å². The molecule has 1 aliphatic heterocycles. The zero-order valence-corrected chi connectivity index (χ0v) is 19.2. The Morgan fingerprint density at radius 2 is 2.11 bits per heavy atom. The van der Waals surface area contributed by atoms with Crippen LogP contribution in [0.3, 0.4) is 0 Å². The van der Waals surface area contributed by atoms with Crippen LogP contribution in [0.5, 0.6) is 0 Å². The van der Waals surface area contributed by atoms with E-state index >= 15 is 0 Å². The highest BCUT2D eigenvalue weighted by molar-refractivity contribution is 14.1. The van der Waals surface area contributed by atoms with Gasteiger partial charge in [0.2, 0.25) is 0 Å². The van der Waals surface area contributed by atoms with E-state index in [1.807, 2.05) is 36.7 Å². The van der Waals surface area contributed by atoms with Crippen molar-refractivity contribution in [2.45, 2.75) is 46.1 Å². The molecule has 28 heavy (non-hydrogen) atoms. The minimum Gasteiger partial charge on any atom is -0.508 e. The Morgan fingerprint density at radius 3 is 2.57 bits per heavy atom. The highest BCUT2D eigenvalue weighted by atomic mass is 127. The Labute approximate surface area is 182 Å². The number of amides is 1. The van der Waals surface area contributed by atoms with E-state index in [0.717, 1.165) is 43.8 Å². The van der Waals surface area contributed by atoms with Crippen molar-refractivity contribution in [2.24, 2.45) is 9.12 Å². The Morgan fingerprint density at radius 1 is 1.46 bits per heavy atom. The first-order valence-corrected chi connectivity index (χ1v) is 10.7. The molecule has 0 radical (unpaired) electrons. The molecule has 0 bridgehead atoms. The molecule has 0 aliphatic carbocycles. The molecule has 6 nitrogen and oxygen atoms in total. The van der Waals surface area contributed by atoms with Gasteiger partial charge in [-0.05, 0) is 52.8 Å². The zero-order valence-electron chi connectivity index (χ0n) is 17.1. The molecule has 1 amide bonds. The Hall–Kier alpha value is -1.37. The Bertz CT molecular complexity index is 642. The van der Waals surface area contributed by atoms with Crippen molar-refractivity contribution >= 4 is 34.5 Å². The largest absolute Gasteiger partial charge is 0.508 e. The quantitative estimate of drug-likeness (QED) is 0.167. The maximum absolute atomic E-state index is 12.0. The molecule has 7 heteroatoms. The van der Waals surface area contributed by atoms with Gasteiger partial charge in [-0.15, -0.1) is 12.3 Å². The number of rotatable bonds is 9. The summed E-state index contributed by atoms with van der Waals surface area (Å²) in [5, 5.41) is 19.8. The number of aliphatic hydroxyl groups excluding tert-OH is 2. The second-order valence-electron chi connectivity index (χ2n) is 6.92. The molecule has 1 rings (SSSR count). The molecule has 2 N–H and O–H groups in total. The van der Waals surface area contributed by atoms with Crippen molar-refractivity contribution < 1.29 is 15.0 Å². The molecule has 1 aliphatic rings. The number of nitrogens with zero attached hydrogens (tertiary/aromatic N) is 3. The summed E-state index contributed by atoms with van der Waals surface area (Å²) in [4.78, 5) is 16.0. The summed E-state index contributed by atoms with van der Waals surface area (Å²) in [6.45, 7) is 9.07. The monoisotopic (exact) mass is 501 g/mol. The number of halogens is 1. The average molecular weight is 501 g/mol. The number of aliphatic hydroxyl groups is 2. The summed E-state index contributed by atoms with van der Waals surface area (Å²) < 4.78 is 4.43. The lowest BCUT2D eigenvalue weighted by Crippen LogP contribution is -2.45. The zero-order chi connectivity index (χ0) is 21.1. The number of allylic oxidation sites excluding steroid dienone is 3. The lowest BCUT2D eigenvalue weighted by atomic mass is 9.86. The smallest absolute Gasteiger partial charge is 0.251 e. The van der Waals surface area contributed by atoms with Gasteiger partial charge in [-0.2, -0.15) is 0 Å². The van der Waals surface area contributed by atoms with Gasteiger partial charge >= 0.3 is 0 Å². The SMILES string of the molecule is C#CCC(/C(=N\I)C1CCN(CCN(CC)C(=O)C(C)O)CC1)=C(O)\C=C/C. The van der Waals surface area contributed by atoms with Crippen LogP contribution in [0.15, 0.2) is 26.7 Å². The summed E-state index contributed by atoms with van der Waals surface area (Å²) in [5.74, 6) is 2.85. The summed E-state index contributed by atoms with van der Waals surface area (Å²) >= 11 is 1.99. The molecule has 156 valence electrons. The number of likely N-dealkylation sites (N-methyl/N-ethyl adjacent to an activating group) is 1. The highest BCUT2D eigenvalue weighted by Gasteiger charge is 2.27. The van der Waals surface area contributed by atoms with Gasteiger partial charge in [0.25, 0.3) is 5.91 Å². The van der Waals surface area contributed by atoms with Gasteiger partial charge in [0.05, 0.1) is 28.6 Å². The number of terminal acetylenes is 1. The van der Waals surface area contributed by atoms with Crippen LogP contribution < -0.4 is 0 Å². The van der Waals surface area contributed by atoms with E-state index in [4.69, 9.17) is 6.42 Å². The number of hydrogen-bond donors (Lipinski definition) is 2. The van der Waals surface area contributed by atoms with Crippen molar-refractivity contribution in [3.8, 4) is 12.3 Å². The number of piperidine rings is 1. The van der Waals surface area contributed by atoms with Gasteiger partial charge in [-0.3, -0.25) is 4.79 Å². The molecule has 1 fully saturated rings. The van der Waals surface area contributed by atoms with Crippen LogP contribution in [0.1, 0.15) is 40.0 Å². The summed E-state index contributed by atoms with van der Waals surface area (Å²) in [5.41, 5.74) is 1.61. The van der Waals surface area contributed by atoms with Gasteiger partial charge in [-0.1, -0.05) is 6.08 Å². The molecule has 1 saturated heterocycles. The number of carbonyl (C=O) groups excluding carboxylic acids is 1. The second kappa shape index (κ2) is 13.0. The third-order valence-corrected chi connectivity index (χ3v) is 5.54. The fourth-order valence-electron chi connectivity index (χ4n) is 3.42. The molecule has 1 unspecified atom stereocenters. The summed E-state index contributed by atoms with van der Waals surface area (Å²) in [7, 11) is 0. The molecule has 0 saturated carbocycles. The maximum atomic E-state index is 12.0. The molecule has 1 heterocycles. The van der Waals surface area contributed by atoms with Gasteiger partial charge in [0.1, 0.15) is 11.9 Å². The normalized spacial score (nSPS) is 18.6. The molecular weight excluding hydrogens is 469 g/mol. The molecule has 0 spiro atoms. The van der Waals surface area contributed by atoms with Crippen LogP contribution in [0, 0.1) is 18.3 Å². The van der Waals surface area contributed by atoms with Crippen molar-refractivity contribution in [1.82, 2.24) is 9.80 Å². The number of carbonyl (C=O) groups is 1. The molecular formula is C21H32IN3O3. The Kier molecular flexibility index (Phi) is 11.4. The van der Waals surface area contributed by atoms with E-state index in [-0.39, 0.29) is 17.6 Å². The van der Waals surface area contributed by atoms with E-state index in [1.54, 1.807) is 17.1 Å². The molecule has 0 aromatic rings. The number of hydrogen-bond acceptors (Lipinski definition) is 5. The molecule has 1 atom stereocenters. The minimum atomic E-state index is -0.959. The summed E-state index contributed by atoms with van der Waals surface area (Å²) in [6.07, 6.45) is 10.2. The first-order chi connectivity index (χ1) is 13.4. The minimum absolute atomic E-state index is 0.188. The first-order valence-electron chi connectivity index (χ1n) is 9.76. The fraction of sp³-hybridized carbons (Fsp3) is 0.619. The molecule has 0 aromatic heterocycles. The van der Waals surface area contributed by atoms with Crippen molar-refractivity contribution in [1.29, 1.82) is 0 Å². The highest BCUT2D eigenvalue weighted by Crippen LogP contribution is 2.26. The van der Waals surface area contributed by atoms with Gasteiger partial charge in [0, 0.05) is 37.5 Å². The molecule has 0 aromatic carbocycles. The lowest BCUT2D eigenvalue weighted by Gasteiger charge is -2.34. The fourth-order valence-corrected chi connectivity index (χ4v) is 4.10. The van der Waals surface area contributed by atoms with Gasteiger partial charge in [0.15, 0.2) is 0 Å². The second-order valence-corrected chi connectivity index (χ2v) is 7.41. The van der Waals surface area contributed by atoms with Crippen LogP contribution >= 0.6 is 22.9 Å². The Balaban J connectivity index is 2.70.